The topological polar surface area (TPSA) is 91.6 Å². The van der Waals surface area contributed by atoms with E-state index in [0.29, 0.717) is 6.07 Å². The Morgan fingerprint density at radius 2 is 1.70 bits per heavy atom. The van der Waals surface area contributed by atoms with E-state index in [9.17, 15) is 41.4 Å². The molecule has 1 unspecified atom stereocenters. The first-order valence-corrected chi connectivity index (χ1v) is 10.8. The number of anilines is 1. The van der Waals surface area contributed by atoms with Crippen LogP contribution in [0.15, 0.2) is 41.3 Å². The minimum Gasteiger partial charge on any atom is -0.477 e. The maximum Gasteiger partial charge on any atom is 0.471 e. The molecule has 0 bridgehead atoms. The summed E-state index contributed by atoms with van der Waals surface area (Å²) in [5.74, 6) is -6.80. The van der Waals surface area contributed by atoms with Crippen LogP contribution in [0.25, 0.3) is 16.6 Å². The normalized spacial score (nSPS) is 17.3. The maximum atomic E-state index is 15.3. The van der Waals surface area contributed by atoms with Gasteiger partial charge >= 0.3 is 18.1 Å². The molecular formula is C24H19F6N3O4. The number of hydrogen-bond donors (Lipinski definition) is 2. The molecule has 2 heterocycles. The maximum absolute atomic E-state index is 15.3. The van der Waals surface area contributed by atoms with Gasteiger partial charge in [-0.3, -0.25) is 9.59 Å². The van der Waals surface area contributed by atoms with Crippen LogP contribution >= 0.6 is 0 Å². The van der Waals surface area contributed by atoms with Gasteiger partial charge in [0.05, 0.1) is 22.9 Å². The van der Waals surface area contributed by atoms with Gasteiger partial charge in [-0.15, -0.1) is 0 Å². The SMILES string of the molecule is CC1(C)CN(c2cc3c(cc2F)c(=O)c(C(=O)O)cn3-c2ccc(F)cc2F)CC1NC(=O)C(F)(F)F. The number of carbonyl (C=O) groups is 2. The number of aromatic nitrogens is 1. The van der Waals surface area contributed by atoms with Gasteiger partial charge in [-0.1, -0.05) is 13.8 Å². The second-order valence-electron chi connectivity index (χ2n) is 9.36. The first-order valence-electron chi connectivity index (χ1n) is 10.8. The number of carboxylic acids is 1. The van der Waals surface area contributed by atoms with E-state index in [1.807, 2.05) is 5.32 Å². The molecule has 1 fully saturated rings. The molecule has 196 valence electrons. The minimum atomic E-state index is -5.12. The summed E-state index contributed by atoms with van der Waals surface area (Å²) in [6.07, 6.45) is -4.29. The zero-order chi connectivity index (χ0) is 27.4. The lowest BCUT2D eigenvalue weighted by Crippen LogP contribution is -2.49. The number of alkyl halides is 3. The molecule has 3 aromatic rings. The molecule has 1 atom stereocenters. The highest BCUT2D eigenvalue weighted by molar-refractivity contribution is 5.94. The highest BCUT2D eigenvalue weighted by Crippen LogP contribution is 2.36. The fourth-order valence-electron chi connectivity index (χ4n) is 4.40. The molecular weight excluding hydrogens is 508 g/mol. The van der Waals surface area contributed by atoms with Gasteiger partial charge in [-0.05, 0) is 24.3 Å². The molecule has 1 amide bonds. The first kappa shape index (κ1) is 26.0. The van der Waals surface area contributed by atoms with Gasteiger partial charge in [0, 0.05) is 36.2 Å². The molecule has 37 heavy (non-hydrogen) atoms. The van der Waals surface area contributed by atoms with Crippen molar-refractivity contribution in [3.05, 3.63) is 69.8 Å². The number of hydrogen-bond acceptors (Lipinski definition) is 4. The molecule has 1 aromatic heterocycles. The number of amides is 1. The number of rotatable bonds is 4. The van der Waals surface area contributed by atoms with Crippen molar-refractivity contribution < 1.29 is 41.0 Å². The third-order valence-electron chi connectivity index (χ3n) is 6.32. The van der Waals surface area contributed by atoms with Crippen molar-refractivity contribution in [1.82, 2.24) is 9.88 Å². The molecule has 4 rings (SSSR count). The van der Waals surface area contributed by atoms with Crippen molar-refractivity contribution in [2.75, 3.05) is 18.0 Å². The highest BCUT2D eigenvalue weighted by Gasteiger charge is 2.46. The fourth-order valence-corrected chi connectivity index (χ4v) is 4.40. The Morgan fingerprint density at radius 1 is 1.05 bits per heavy atom. The third-order valence-corrected chi connectivity index (χ3v) is 6.32. The van der Waals surface area contributed by atoms with E-state index in [1.165, 1.54) is 4.90 Å². The van der Waals surface area contributed by atoms with Crippen LogP contribution in [0.4, 0.5) is 32.0 Å². The largest absolute Gasteiger partial charge is 0.477 e. The van der Waals surface area contributed by atoms with Crippen molar-refractivity contribution in [2.24, 2.45) is 5.41 Å². The monoisotopic (exact) mass is 527 g/mol. The van der Waals surface area contributed by atoms with Gasteiger partial charge in [0.1, 0.15) is 23.0 Å². The quantitative estimate of drug-likeness (QED) is 0.501. The number of carboxylic acid groups (broad SMARTS) is 1. The molecule has 1 aliphatic heterocycles. The lowest BCUT2D eigenvalue weighted by molar-refractivity contribution is -0.174. The summed E-state index contributed by atoms with van der Waals surface area (Å²) >= 11 is 0. The van der Waals surface area contributed by atoms with Crippen LogP contribution in [-0.2, 0) is 4.79 Å². The Kier molecular flexibility index (Phi) is 6.21. The average Bonchev–Trinajstić information content (AvgIpc) is 3.07. The number of nitrogens with one attached hydrogen (secondary N) is 1. The summed E-state index contributed by atoms with van der Waals surface area (Å²) in [4.78, 5) is 37.3. The predicted molar refractivity (Wildman–Crippen MR) is 120 cm³/mol. The summed E-state index contributed by atoms with van der Waals surface area (Å²) in [6.45, 7) is 2.94. The lowest BCUT2D eigenvalue weighted by atomic mass is 9.88. The fraction of sp³-hybridized carbons (Fsp3) is 0.292. The molecule has 7 nitrogen and oxygen atoms in total. The van der Waals surface area contributed by atoms with Crippen LogP contribution in [-0.4, -0.2) is 46.9 Å². The molecule has 2 aromatic carbocycles. The van der Waals surface area contributed by atoms with Crippen LogP contribution in [0.2, 0.25) is 0 Å². The number of halogens is 6. The second kappa shape index (κ2) is 8.82. The molecule has 1 aliphatic rings. The third kappa shape index (κ3) is 4.72. The Balaban J connectivity index is 1.87. The van der Waals surface area contributed by atoms with Crippen LogP contribution in [0.1, 0.15) is 24.2 Å². The van der Waals surface area contributed by atoms with Crippen molar-refractivity contribution in [3.8, 4) is 5.69 Å². The van der Waals surface area contributed by atoms with Gasteiger partial charge in [0.2, 0.25) is 5.43 Å². The Hall–Kier alpha value is -4.03. The average molecular weight is 527 g/mol. The van der Waals surface area contributed by atoms with Crippen molar-refractivity contribution in [3.63, 3.8) is 0 Å². The first-order chi connectivity index (χ1) is 17.1. The summed E-state index contributed by atoms with van der Waals surface area (Å²) in [5, 5.41) is 10.9. The van der Waals surface area contributed by atoms with E-state index in [2.05, 4.69) is 0 Å². The number of benzene rings is 2. The van der Waals surface area contributed by atoms with Crippen molar-refractivity contribution >= 4 is 28.5 Å². The molecule has 1 saturated heterocycles. The lowest BCUT2D eigenvalue weighted by Gasteiger charge is -2.26. The van der Waals surface area contributed by atoms with E-state index in [-0.39, 0.29) is 30.0 Å². The van der Waals surface area contributed by atoms with Gasteiger partial charge < -0.3 is 19.9 Å². The van der Waals surface area contributed by atoms with E-state index in [4.69, 9.17) is 0 Å². The van der Waals surface area contributed by atoms with E-state index in [0.717, 1.165) is 35.0 Å². The zero-order valence-electron chi connectivity index (χ0n) is 19.3. The Bertz CT molecular complexity index is 1500. The van der Waals surface area contributed by atoms with Crippen molar-refractivity contribution in [2.45, 2.75) is 26.1 Å². The van der Waals surface area contributed by atoms with Crippen LogP contribution in [0.3, 0.4) is 0 Å². The molecule has 0 spiro atoms. The Labute approximate surface area is 204 Å². The smallest absolute Gasteiger partial charge is 0.471 e. The van der Waals surface area contributed by atoms with Gasteiger partial charge in [0.15, 0.2) is 0 Å². The minimum absolute atomic E-state index is 0.000577. The van der Waals surface area contributed by atoms with E-state index in [1.54, 1.807) is 13.8 Å². The standard InChI is InChI=1S/C24H19F6N3O4/c1-23(2)10-32(9-19(23)31-22(37)24(28,29)30)18-7-17-12(6-15(18)27)20(34)13(21(35)36)8-33(17)16-4-3-11(25)5-14(16)26/h3-8,19H,9-10H2,1-2H3,(H,31,37)(H,35,36). The zero-order valence-corrected chi connectivity index (χ0v) is 19.3. The van der Waals surface area contributed by atoms with Gasteiger partial charge in [0.25, 0.3) is 0 Å². The predicted octanol–water partition coefficient (Wildman–Crippen LogP) is 4.00. The summed E-state index contributed by atoms with van der Waals surface area (Å²) in [7, 11) is 0. The number of pyridine rings is 1. The second-order valence-corrected chi connectivity index (χ2v) is 9.36. The number of carbonyl (C=O) groups excluding carboxylic acids is 1. The van der Waals surface area contributed by atoms with Crippen LogP contribution in [0, 0.1) is 22.9 Å². The highest BCUT2D eigenvalue weighted by atomic mass is 19.4. The molecule has 0 radical (unpaired) electrons. The van der Waals surface area contributed by atoms with Gasteiger partial charge in [-0.25, -0.2) is 18.0 Å². The summed E-state index contributed by atoms with van der Waals surface area (Å²) in [6, 6.07) is 3.31. The van der Waals surface area contributed by atoms with E-state index < -0.39 is 63.3 Å². The summed E-state index contributed by atoms with van der Waals surface area (Å²) < 4.78 is 82.7. The molecule has 13 heteroatoms. The Morgan fingerprint density at radius 3 is 2.30 bits per heavy atom. The van der Waals surface area contributed by atoms with Gasteiger partial charge in [-0.2, -0.15) is 13.2 Å². The van der Waals surface area contributed by atoms with Crippen LogP contribution in [0.5, 0.6) is 0 Å². The summed E-state index contributed by atoms with van der Waals surface area (Å²) in [5.41, 5.74) is -3.41. The van der Waals surface area contributed by atoms with E-state index >= 15 is 4.39 Å². The number of aromatic carboxylic acids is 1. The number of nitrogens with zero attached hydrogens (tertiary/aromatic N) is 2. The van der Waals surface area contributed by atoms with Crippen LogP contribution < -0.4 is 15.6 Å². The van der Waals surface area contributed by atoms with Crippen molar-refractivity contribution in [1.29, 1.82) is 0 Å². The molecule has 0 aliphatic carbocycles. The molecule has 2 N–H and O–H groups in total. The molecule has 0 saturated carbocycles. The number of fused-ring (bicyclic) bond motifs is 1.